The lowest BCUT2D eigenvalue weighted by Crippen LogP contribution is -2.52. The van der Waals surface area contributed by atoms with Crippen molar-refractivity contribution >= 4 is 23.7 Å². The van der Waals surface area contributed by atoms with Crippen molar-refractivity contribution in [1.82, 2.24) is 4.90 Å². The summed E-state index contributed by atoms with van der Waals surface area (Å²) in [7, 11) is 1.61. The van der Waals surface area contributed by atoms with Crippen molar-refractivity contribution in [3.8, 4) is 5.75 Å². The van der Waals surface area contributed by atoms with E-state index in [4.69, 9.17) is 19.9 Å². The number of rotatable bonds is 7. The third-order valence-electron chi connectivity index (χ3n) is 5.88. The lowest BCUT2D eigenvalue weighted by atomic mass is 9.89. The van der Waals surface area contributed by atoms with Crippen molar-refractivity contribution in [3.63, 3.8) is 0 Å². The fraction of sp³-hybridized carbons (Fsp3) is 0.571. The summed E-state index contributed by atoms with van der Waals surface area (Å²) in [6.45, 7) is 5.58. The number of carbonyl (C=O) groups excluding carboxylic acids is 3. The molecule has 0 bridgehead atoms. The van der Waals surface area contributed by atoms with Gasteiger partial charge >= 0.3 is 12.1 Å². The zero-order valence-corrected chi connectivity index (χ0v) is 17.7. The van der Waals surface area contributed by atoms with E-state index in [0.717, 1.165) is 24.3 Å². The Balaban J connectivity index is 1.56. The van der Waals surface area contributed by atoms with E-state index in [1.807, 2.05) is 31.2 Å². The van der Waals surface area contributed by atoms with Gasteiger partial charge in [-0.1, -0.05) is 19.8 Å². The summed E-state index contributed by atoms with van der Waals surface area (Å²) in [5.74, 6) is -1.18. The molecule has 0 aliphatic carbocycles. The average Bonchev–Trinajstić information content (AvgIpc) is 3.40. The van der Waals surface area contributed by atoms with E-state index in [2.05, 4.69) is 4.90 Å². The van der Waals surface area contributed by atoms with E-state index >= 15 is 0 Å². The van der Waals surface area contributed by atoms with Crippen molar-refractivity contribution in [2.45, 2.75) is 44.3 Å². The van der Waals surface area contributed by atoms with Crippen LogP contribution in [0, 0.1) is 0 Å². The SMILES string of the molecule is CCCCC1(C)OC1(C(N)=O)C(=O)OC(=O)N1CCN(c2ccc(OC)cc2)CC1. The number of carbonyl (C=O) groups is 3. The van der Waals surface area contributed by atoms with Gasteiger partial charge < -0.3 is 29.7 Å². The number of amides is 2. The van der Waals surface area contributed by atoms with Gasteiger partial charge in [0.1, 0.15) is 11.4 Å². The highest BCUT2D eigenvalue weighted by Crippen LogP contribution is 2.52. The van der Waals surface area contributed by atoms with Gasteiger partial charge in [0.05, 0.1) is 7.11 Å². The van der Waals surface area contributed by atoms with Crippen LogP contribution in [0.1, 0.15) is 33.1 Å². The van der Waals surface area contributed by atoms with Crippen molar-refractivity contribution in [2.24, 2.45) is 5.73 Å². The lowest BCUT2D eigenvalue weighted by Gasteiger charge is -2.35. The largest absolute Gasteiger partial charge is 0.497 e. The summed E-state index contributed by atoms with van der Waals surface area (Å²) in [4.78, 5) is 40.7. The molecule has 3 rings (SSSR count). The number of hydrogen-bond acceptors (Lipinski definition) is 7. The smallest absolute Gasteiger partial charge is 0.417 e. The van der Waals surface area contributed by atoms with E-state index < -0.39 is 29.2 Å². The van der Waals surface area contributed by atoms with Crippen molar-refractivity contribution in [1.29, 1.82) is 0 Å². The number of methoxy groups -OCH3 is 1. The highest BCUT2D eigenvalue weighted by molar-refractivity contribution is 6.12. The van der Waals surface area contributed by atoms with Gasteiger partial charge in [-0.25, -0.2) is 9.59 Å². The number of ether oxygens (including phenoxy) is 3. The highest BCUT2D eigenvalue weighted by atomic mass is 16.7. The molecule has 9 heteroatoms. The Bertz CT molecular complexity index is 805. The first-order valence-electron chi connectivity index (χ1n) is 10.2. The molecule has 1 aromatic carbocycles. The van der Waals surface area contributed by atoms with Gasteiger partial charge in [-0.3, -0.25) is 4.79 Å². The van der Waals surface area contributed by atoms with Gasteiger partial charge in [0.15, 0.2) is 0 Å². The van der Waals surface area contributed by atoms with Crippen molar-refractivity contribution < 1.29 is 28.6 Å². The van der Waals surface area contributed by atoms with Gasteiger partial charge in [0, 0.05) is 31.9 Å². The Morgan fingerprint density at radius 3 is 2.30 bits per heavy atom. The molecule has 30 heavy (non-hydrogen) atoms. The number of esters is 1. The molecule has 0 saturated carbocycles. The summed E-state index contributed by atoms with van der Waals surface area (Å²) < 4.78 is 15.6. The van der Waals surface area contributed by atoms with E-state index in [0.29, 0.717) is 32.6 Å². The normalized spacial score (nSPS) is 25.6. The topological polar surface area (TPSA) is 115 Å². The number of primary amides is 1. The van der Waals surface area contributed by atoms with Gasteiger partial charge in [0.25, 0.3) is 11.5 Å². The summed E-state index contributed by atoms with van der Waals surface area (Å²) >= 11 is 0. The summed E-state index contributed by atoms with van der Waals surface area (Å²) in [6.07, 6.45) is 1.33. The van der Waals surface area contributed by atoms with Crippen LogP contribution >= 0.6 is 0 Å². The molecule has 0 radical (unpaired) electrons. The molecular formula is C21H29N3O6. The van der Waals surface area contributed by atoms with Crippen LogP contribution in [-0.4, -0.2) is 67.4 Å². The van der Waals surface area contributed by atoms with Crippen LogP contribution in [0.3, 0.4) is 0 Å². The zero-order valence-electron chi connectivity index (χ0n) is 17.7. The number of epoxide rings is 1. The maximum atomic E-state index is 12.6. The Labute approximate surface area is 176 Å². The average molecular weight is 419 g/mol. The first-order chi connectivity index (χ1) is 14.3. The van der Waals surface area contributed by atoms with E-state index in [9.17, 15) is 14.4 Å². The summed E-state index contributed by atoms with van der Waals surface area (Å²) in [5.41, 5.74) is 3.54. The van der Waals surface area contributed by atoms with Gasteiger partial charge in [-0.15, -0.1) is 0 Å². The standard InChI is InChI=1S/C21H29N3O6/c1-4-5-10-20(2)21(30-20,17(22)25)18(26)29-19(27)24-13-11-23(12-14-24)15-6-8-16(28-3)9-7-15/h6-9H,4-5,10-14H2,1-3H3,(H2,22,25). The van der Waals surface area contributed by atoms with Crippen LogP contribution < -0.4 is 15.4 Å². The minimum atomic E-state index is -1.89. The molecule has 2 heterocycles. The molecule has 2 atom stereocenters. The van der Waals surface area contributed by atoms with Crippen LogP contribution in [0.25, 0.3) is 0 Å². The molecule has 2 aliphatic heterocycles. The number of piperazine rings is 1. The maximum absolute atomic E-state index is 12.6. The molecule has 1 aromatic rings. The number of unbranched alkanes of at least 4 members (excludes halogenated alkanes) is 1. The number of nitrogens with two attached hydrogens (primary N) is 1. The fourth-order valence-electron chi connectivity index (χ4n) is 3.88. The first-order valence-corrected chi connectivity index (χ1v) is 10.2. The molecule has 2 unspecified atom stereocenters. The Hall–Kier alpha value is -2.81. The molecule has 2 fully saturated rings. The minimum Gasteiger partial charge on any atom is -0.497 e. The number of nitrogens with zero attached hydrogens (tertiary/aromatic N) is 2. The fourth-order valence-corrected chi connectivity index (χ4v) is 3.88. The van der Waals surface area contributed by atoms with Crippen LogP contribution in [0.5, 0.6) is 5.75 Å². The number of hydrogen-bond donors (Lipinski definition) is 1. The quantitative estimate of drug-likeness (QED) is 0.406. The second kappa shape index (κ2) is 8.51. The van der Waals surface area contributed by atoms with Crippen LogP contribution in [0.15, 0.2) is 24.3 Å². The molecule has 2 amide bonds. The van der Waals surface area contributed by atoms with Gasteiger partial charge in [0.2, 0.25) is 0 Å². The molecule has 2 aliphatic rings. The van der Waals surface area contributed by atoms with Crippen LogP contribution in [0.2, 0.25) is 0 Å². The maximum Gasteiger partial charge on any atom is 0.417 e. The van der Waals surface area contributed by atoms with E-state index in [1.165, 1.54) is 4.90 Å². The molecular weight excluding hydrogens is 390 g/mol. The van der Waals surface area contributed by atoms with E-state index in [-0.39, 0.29) is 0 Å². The lowest BCUT2D eigenvalue weighted by molar-refractivity contribution is -0.148. The van der Waals surface area contributed by atoms with Crippen molar-refractivity contribution in [2.75, 3.05) is 38.2 Å². The number of benzene rings is 1. The molecule has 9 nitrogen and oxygen atoms in total. The zero-order chi connectivity index (χ0) is 21.9. The second-order valence-electron chi connectivity index (χ2n) is 7.81. The van der Waals surface area contributed by atoms with Crippen LogP contribution in [-0.2, 0) is 19.1 Å². The molecule has 164 valence electrons. The summed E-state index contributed by atoms with van der Waals surface area (Å²) in [5, 5.41) is 0. The molecule has 2 N–H and O–H groups in total. The molecule has 2 saturated heterocycles. The highest BCUT2D eigenvalue weighted by Gasteiger charge is 2.77. The minimum absolute atomic E-state index is 0.385. The van der Waals surface area contributed by atoms with E-state index in [1.54, 1.807) is 14.0 Å². The Morgan fingerprint density at radius 2 is 1.77 bits per heavy atom. The second-order valence-corrected chi connectivity index (χ2v) is 7.81. The van der Waals surface area contributed by atoms with Gasteiger partial charge in [-0.2, -0.15) is 0 Å². The third-order valence-corrected chi connectivity index (χ3v) is 5.88. The Morgan fingerprint density at radius 1 is 1.13 bits per heavy atom. The summed E-state index contributed by atoms with van der Waals surface area (Å²) in [6, 6.07) is 7.66. The third kappa shape index (κ3) is 3.94. The Kier molecular flexibility index (Phi) is 6.21. The predicted molar refractivity (Wildman–Crippen MR) is 109 cm³/mol. The predicted octanol–water partition coefficient (Wildman–Crippen LogP) is 1.68. The first kappa shape index (κ1) is 21.9. The monoisotopic (exact) mass is 419 g/mol. The van der Waals surface area contributed by atoms with Gasteiger partial charge in [-0.05, 0) is 37.6 Å². The number of anilines is 1. The molecule has 0 spiro atoms. The van der Waals surface area contributed by atoms with Crippen molar-refractivity contribution in [3.05, 3.63) is 24.3 Å². The van der Waals surface area contributed by atoms with Crippen LogP contribution in [0.4, 0.5) is 10.5 Å². The molecule has 0 aromatic heterocycles.